The van der Waals surface area contributed by atoms with Crippen molar-refractivity contribution in [3.8, 4) is 0 Å². The van der Waals surface area contributed by atoms with E-state index in [0.29, 0.717) is 0 Å². The van der Waals surface area contributed by atoms with Crippen LogP contribution in [0.5, 0.6) is 0 Å². The molecule has 0 saturated heterocycles. The van der Waals surface area contributed by atoms with Crippen LogP contribution in [-0.2, 0) is 4.74 Å². The van der Waals surface area contributed by atoms with Gasteiger partial charge in [0.25, 0.3) is 5.91 Å². The van der Waals surface area contributed by atoms with E-state index < -0.39 is 5.97 Å². The second kappa shape index (κ2) is 7.54. The molecular formula is C18H20N2O3. The third-order valence-electron chi connectivity index (χ3n) is 3.18. The van der Waals surface area contributed by atoms with E-state index in [1.165, 1.54) is 6.07 Å². The van der Waals surface area contributed by atoms with Gasteiger partial charge in [0, 0.05) is 0 Å². The van der Waals surface area contributed by atoms with Crippen molar-refractivity contribution in [1.82, 2.24) is 10.3 Å². The first-order valence-electron chi connectivity index (χ1n) is 7.51. The van der Waals surface area contributed by atoms with E-state index in [4.69, 9.17) is 4.74 Å². The highest BCUT2D eigenvalue weighted by molar-refractivity contribution is 5.94. The van der Waals surface area contributed by atoms with E-state index in [1.807, 2.05) is 37.3 Å². The van der Waals surface area contributed by atoms with Gasteiger partial charge >= 0.3 is 5.97 Å². The predicted molar refractivity (Wildman–Crippen MR) is 87.1 cm³/mol. The van der Waals surface area contributed by atoms with Gasteiger partial charge in [0.15, 0.2) is 0 Å². The number of rotatable bonds is 5. The Hall–Kier alpha value is -2.69. The normalized spacial score (nSPS) is 11.8. The van der Waals surface area contributed by atoms with Gasteiger partial charge in [-0.25, -0.2) is 9.78 Å². The molecule has 2 rings (SSSR count). The molecule has 0 fully saturated rings. The van der Waals surface area contributed by atoms with Gasteiger partial charge in [-0.05, 0) is 38.5 Å². The summed E-state index contributed by atoms with van der Waals surface area (Å²) in [4.78, 5) is 28.2. The van der Waals surface area contributed by atoms with Crippen molar-refractivity contribution in [1.29, 1.82) is 0 Å². The molecule has 0 aliphatic rings. The smallest absolute Gasteiger partial charge is 0.357 e. The van der Waals surface area contributed by atoms with Gasteiger partial charge in [-0.2, -0.15) is 0 Å². The Morgan fingerprint density at radius 3 is 2.26 bits per heavy atom. The summed E-state index contributed by atoms with van der Waals surface area (Å²) in [6.45, 7) is 5.41. The molecule has 1 aromatic carbocycles. The minimum atomic E-state index is -0.536. The quantitative estimate of drug-likeness (QED) is 0.861. The first kappa shape index (κ1) is 16.7. The first-order chi connectivity index (χ1) is 11.0. The molecule has 0 unspecified atom stereocenters. The number of nitrogens with one attached hydrogen (secondary N) is 1. The molecule has 1 heterocycles. The van der Waals surface area contributed by atoms with Crippen molar-refractivity contribution < 1.29 is 14.3 Å². The lowest BCUT2D eigenvalue weighted by atomic mass is 10.1. The number of benzene rings is 1. The molecule has 120 valence electrons. The van der Waals surface area contributed by atoms with Crippen LogP contribution in [-0.4, -0.2) is 23.0 Å². The summed E-state index contributed by atoms with van der Waals surface area (Å²) in [5.41, 5.74) is 1.31. The molecule has 1 aromatic heterocycles. The molecule has 1 N–H and O–H groups in total. The van der Waals surface area contributed by atoms with Gasteiger partial charge in [-0.1, -0.05) is 36.4 Å². The Morgan fingerprint density at radius 1 is 0.957 bits per heavy atom. The lowest BCUT2D eigenvalue weighted by molar-refractivity contribution is 0.0371. The molecule has 1 atom stereocenters. The maximum atomic E-state index is 12.3. The molecule has 0 aliphatic heterocycles. The van der Waals surface area contributed by atoms with E-state index in [2.05, 4.69) is 10.3 Å². The zero-order chi connectivity index (χ0) is 16.8. The fourth-order valence-electron chi connectivity index (χ4n) is 2.04. The highest BCUT2D eigenvalue weighted by Crippen LogP contribution is 2.12. The summed E-state index contributed by atoms with van der Waals surface area (Å²) in [5, 5.41) is 2.87. The van der Waals surface area contributed by atoms with Crippen molar-refractivity contribution >= 4 is 11.9 Å². The topological polar surface area (TPSA) is 68.3 Å². The van der Waals surface area contributed by atoms with Crippen LogP contribution in [0, 0.1) is 0 Å². The molecule has 2 aromatic rings. The number of hydrogen-bond acceptors (Lipinski definition) is 4. The number of carbonyl (C=O) groups excluding carboxylic acids is 2. The van der Waals surface area contributed by atoms with Crippen LogP contribution >= 0.6 is 0 Å². The van der Waals surface area contributed by atoms with Gasteiger partial charge in [0.2, 0.25) is 0 Å². The van der Waals surface area contributed by atoms with Crippen LogP contribution in [0.3, 0.4) is 0 Å². The first-order valence-corrected chi connectivity index (χ1v) is 7.51. The molecule has 0 aliphatic carbocycles. The van der Waals surface area contributed by atoms with Gasteiger partial charge in [0.05, 0.1) is 12.1 Å². The number of nitrogens with zero attached hydrogens (tertiary/aromatic N) is 1. The van der Waals surface area contributed by atoms with Crippen LogP contribution in [0.1, 0.15) is 53.4 Å². The molecule has 5 heteroatoms. The molecule has 0 bridgehead atoms. The average Bonchev–Trinajstić information content (AvgIpc) is 2.55. The average molecular weight is 312 g/mol. The summed E-state index contributed by atoms with van der Waals surface area (Å²) in [7, 11) is 0. The zero-order valence-corrected chi connectivity index (χ0v) is 13.4. The van der Waals surface area contributed by atoms with Crippen molar-refractivity contribution in [2.45, 2.75) is 32.9 Å². The van der Waals surface area contributed by atoms with Crippen molar-refractivity contribution in [3.05, 3.63) is 65.5 Å². The lowest BCUT2D eigenvalue weighted by Gasteiger charge is -2.14. The zero-order valence-electron chi connectivity index (χ0n) is 13.4. The molecule has 0 radical (unpaired) electrons. The van der Waals surface area contributed by atoms with Gasteiger partial charge < -0.3 is 10.1 Å². The SMILES string of the molecule is CC(C)OC(=O)c1cccc(C(=O)N[C@@H](C)c2ccccc2)n1. The number of hydrogen-bond donors (Lipinski definition) is 1. The maximum Gasteiger partial charge on any atom is 0.357 e. The summed E-state index contributed by atoms with van der Waals surface area (Å²) >= 11 is 0. The molecule has 1 amide bonds. The standard InChI is InChI=1S/C18H20N2O3/c1-12(2)23-18(22)16-11-7-10-15(20-16)17(21)19-13(3)14-8-5-4-6-9-14/h4-13H,1-3H3,(H,19,21)/t13-/m0/s1. The van der Waals surface area contributed by atoms with Gasteiger partial charge in [0.1, 0.15) is 11.4 Å². The highest BCUT2D eigenvalue weighted by Gasteiger charge is 2.16. The third kappa shape index (κ3) is 4.64. The predicted octanol–water partition coefficient (Wildman–Crippen LogP) is 3.14. The van der Waals surface area contributed by atoms with E-state index in [1.54, 1.807) is 26.0 Å². The second-order valence-corrected chi connectivity index (χ2v) is 5.47. The third-order valence-corrected chi connectivity index (χ3v) is 3.18. The Balaban J connectivity index is 2.09. The number of aromatic nitrogens is 1. The number of amides is 1. The maximum absolute atomic E-state index is 12.3. The lowest BCUT2D eigenvalue weighted by Crippen LogP contribution is -2.28. The van der Waals surface area contributed by atoms with Crippen molar-refractivity contribution in [2.24, 2.45) is 0 Å². The van der Waals surface area contributed by atoms with Crippen LogP contribution in [0.15, 0.2) is 48.5 Å². The number of esters is 1. The summed E-state index contributed by atoms with van der Waals surface area (Å²) in [6.07, 6.45) is -0.236. The summed E-state index contributed by atoms with van der Waals surface area (Å²) in [5.74, 6) is -0.869. The fourth-order valence-corrected chi connectivity index (χ4v) is 2.04. The van der Waals surface area contributed by atoms with E-state index >= 15 is 0 Å². The Bertz CT molecular complexity index is 684. The van der Waals surface area contributed by atoms with E-state index in [9.17, 15) is 9.59 Å². The molecule has 23 heavy (non-hydrogen) atoms. The number of pyridine rings is 1. The minimum absolute atomic E-state index is 0.124. The van der Waals surface area contributed by atoms with Crippen molar-refractivity contribution in [2.75, 3.05) is 0 Å². The summed E-state index contributed by atoms with van der Waals surface area (Å²) in [6, 6.07) is 14.2. The molecule has 5 nitrogen and oxygen atoms in total. The minimum Gasteiger partial charge on any atom is -0.458 e. The number of carbonyl (C=O) groups is 2. The van der Waals surface area contributed by atoms with Gasteiger partial charge in [-0.3, -0.25) is 4.79 Å². The Morgan fingerprint density at radius 2 is 1.61 bits per heavy atom. The highest BCUT2D eigenvalue weighted by atomic mass is 16.5. The van der Waals surface area contributed by atoms with Crippen LogP contribution in [0.2, 0.25) is 0 Å². The monoisotopic (exact) mass is 312 g/mol. The Labute approximate surface area is 135 Å². The van der Waals surface area contributed by atoms with Crippen LogP contribution in [0.4, 0.5) is 0 Å². The Kier molecular flexibility index (Phi) is 5.46. The second-order valence-electron chi connectivity index (χ2n) is 5.47. The molecular weight excluding hydrogens is 292 g/mol. The van der Waals surface area contributed by atoms with E-state index in [0.717, 1.165) is 5.56 Å². The molecule has 0 spiro atoms. The largest absolute Gasteiger partial charge is 0.458 e. The van der Waals surface area contributed by atoms with Gasteiger partial charge in [-0.15, -0.1) is 0 Å². The van der Waals surface area contributed by atoms with E-state index in [-0.39, 0.29) is 29.4 Å². The van der Waals surface area contributed by atoms with Crippen molar-refractivity contribution in [3.63, 3.8) is 0 Å². The number of ether oxygens (including phenoxy) is 1. The molecule has 0 saturated carbocycles. The summed E-state index contributed by atoms with van der Waals surface area (Å²) < 4.78 is 5.09. The van der Waals surface area contributed by atoms with Crippen LogP contribution in [0.25, 0.3) is 0 Å². The van der Waals surface area contributed by atoms with Crippen LogP contribution < -0.4 is 5.32 Å². The fraction of sp³-hybridized carbons (Fsp3) is 0.278.